The zero-order valence-electron chi connectivity index (χ0n) is 10.3. The van der Waals surface area contributed by atoms with Crippen LogP contribution in [-0.2, 0) is 0 Å². The minimum atomic E-state index is -1.23. The second-order valence-corrected chi connectivity index (χ2v) is 4.12. The van der Waals surface area contributed by atoms with Crippen molar-refractivity contribution in [1.29, 1.82) is 0 Å². The molecular formula is C12H12N4O4. The summed E-state index contributed by atoms with van der Waals surface area (Å²) in [5.41, 5.74) is 6.51. The fourth-order valence-corrected chi connectivity index (χ4v) is 1.99. The molecule has 1 amide bonds. The number of aromatic nitrogens is 1. The Balaban J connectivity index is 2.54. The summed E-state index contributed by atoms with van der Waals surface area (Å²) in [5, 5.41) is 22.3. The molecule has 8 nitrogen and oxygen atoms in total. The smallest absolute Gasteiger partial charge is 0.404 e. The number of fused-ring (bicyclic) bond motifs is 1. The van der Waals surface area contributed by atoms with E-state index in [0.29, 0.717) is 10.9 Å². The number of nitrogens with one attached hydrogen (secondary N) is 1. The average molecular weight is 276 g/mol. The van der Waals surface area contributed by atoms with E-state index in [2.05, 4.69) is 10.3 Å². The number of carbonyl (C=O) groups is 1. The van der Waals surface area contributed by atoms with Crippen LogP contribution >= 0.6 is 0 Å². The monoisotopic (exact) mass is 276 g/mol. The second-order valence-electron chi connectivity index (χ2n) is 4.12. The van der Waals surface area contributed by atoms with Crippen molar-refractivity contribution in [3.05, 3.63) is 46.1 Å². The highest BCUT2D eigenvalue weighted by molar-refractivity contribution is 5.85. The van der Waals surface area contributed by atoms with Gasteiger partial charge < -0.3 is 16.2 Å². The van der Waals surface area contributed by atoms with Gasteiger partial charge in [0.25, 0.3) is 5.69 Å². The average Bonchev–Trinajstić information content (AvgIpc) is 2.43. The van der Waals surface area contributed by atoms with Crippen LogP contribution in [0.3, 0.4) is 0 Å². The van der Waals surface area contributed by atoms with E-state index in [-0.39, 0.29) is 17.8 Å². The molecule has 8 heteroatoms. The molecule has 1 aromatic carbocycles. The Hall–Kier alpha value is -2.74. The van der Waals surface area contributed by atoms with E-state index in [1.807, 2.05) is 0 Å². The number of nitrogens with zero attached hydrogens (tertiary/aromatic N) is 2. The van der Waals surface area contributed by atoms with Crippen molar-refractivity contribution in [3.8, 4) is 0 Å². The normalized spacial score (nSPS) is 12.1. The van der Waals surface area contributed by atoms with E-state index >= 15 is 0 Å². The lowest BCUT2D eigenvalue weighted by Crippen LogP contribution is -2.31. The summed E-state index contributed by atoms with van der Waals surface area (Å²) >= 11 is 0. The lowest BCUT2D eigenvalue weighted by Gasteiger charge is -2.14. The van der Waals surface area contributed by atoms with Gasteiger partial charge in [-0.05, 0) is 6.07 Å². The van der Waals surface area contributed by atoms with Crippen LogP contribution in [0.25, 0.3) is 10.9 Å². The fourth-order valence-electron chi connectivity index (χ4n) is 1.99. The molecule has 20 heavy (non-hydrogen) atoms. The first-order valence-corrected chi connectivity index (χ1v) is 5.75. The number of amides is 1. The van der Waals surface area contributed by atoms with Crippen LogP contribution in [-0.4, -0.2) is 27.7 Å². The summed E-state index contributed by atoms with van der Waals surface area (Å²) in [7, 11) is 0. The summed E-state index contributed by atoms with van der Waals surface area (Å²) in [6.07, 6.45) is -0.0976. The molecule has 0 saturated heterocycles. The van der Waals surface area contributed by atoms with Gasteiger partial charge in [0, 0.05) is 11.9 Å². The number of benzene rings is 1. The van der Waals surface area contributed by atoms with Crippen LogP contribution in [0.1, 0.15) is 11.6 Å². The van der Waals surface area contributed by atoms with Crippen molar-refractivity contribution in [3.63, 3.8) is 0 Å². The van der Waals surface area contributed by atoms with Gasteiger partial charge in [-0.1, -0.05) is 18.2 Å². The van der Waals surface area contributed by atoms with Crippen molar-refractivity contribution >= 4 is 22.7 Å². The number of nitro groups is 1. The minimum Gasteiger partial charge on any atom is -0.465 e. The number of pyridine rings is 1. The van der Waals surface area contributed by atoms with Gasteiger partial charge in [-0.15, -0.1) is 0 Å². The van der Waals surface area contributed by atoms with Gasteiger partial charge in [-0.2, -0.15) is 0 Å². The van der Waals surface area contributed by atoms with Gasteiger partial charge in [-0.3, -0.25) is 10.1 Å². The highest BCUT2D eigenvalue weighted by atomic mass is 16.6. The number of carboxylic acid groups (broad SMARTS) is 1. The number of para-hydroxylation sites is 1. The lowest BCUT2D eigenvalue weighted by molar-refractivity contribution is -0.385. The second kappa shape index (κ2) is 5.49. The third-order valence-corrected chi connectivity index (χ3v) is 2.84. The van der Waals surface area contributed by atoms with E-state index in [0.717, 1.165) is 6.20 Å². The molecule has 0 aliphatic carbocycles. The summed E-state index contributed by atoms with van der Waals surface area (Å²) in [4.78, 5) is 25.0. The van der Waals surface area contributed by atoms with Gasteiger partial charge >= 0.3 is 6.09 Å². The SMILES string of the molecule is NC(CNC(=O)O)c1c([N+](=O)[O-])cnc2ccccc12. The first-order valence-electron chi connectivity index (χ1n) is 5.75. The maximum Gasteiger partial charge on any atom is 0.404 e. The molecular weight excluding hydrogens is 264 g/mol. The molecule has 0 aliphatic rings. The molecule has 0 saturated carbocycles. The van der Waals surface area contributed by atoms with Crippen LogP contribution in [0.15, 0.2) is 30.5 Å². The molecule has 0 spiro atoms. The number of hydrogen-bond donors (Lipinski definition) is 3. The topological polar surface area (TPSA) is 131 Å². The zero-order valence-corrected chi connectivity index (χ0v) is 10.3. The van der Waals surface area contributed by atoms with E-state index in [1.165, 1.54) is 0 Å². The maximum atomic E-state index is 11.1. The Bertz CT molecular complexity index is 674. The van der Waals surface area contributed by atoms with Crippen molar-refractivity contribution in [1.82, 2.24) is 10.3 Å². The van der Waals surface area contributed by atoms with Gasteiger partial charge in [0.1, 0.15) is 6.20 Å². The Labute approximate surface area is 113 Å². The van der Waals surface area contributed by atoms with E-state index in [9.17, 15) is 14.9 Å². The summed E-state index contributed by atoms with van der Waals surface area (Å²) in [6.45, 7) is -0.121. The van der Waals surface area contributed by atoms with Gasteiger partial charge in [0.2, 0.25) is 0 Å². The van der Waals surface area contributed by atoms with E-state index in [4.69, 9.17) is 10.8 Å². The number of rotatable bonds is 4. The van der Waals surface area contributed by atoms with Crippen molar-refractivity contribution in [2.45, 2.75) is 6.04 Å². The number of nitrogens with two attached hydrogens (primary N) is 1. The third-order valence-electron chi connectivity index (χ3n) is 2.84. The molecule has 2 rings (SSSR count). The van der Waals surface area contributed by atoms with Crippen LogP contribution in [0.4, 0.5) is 10.5 Å². The van der Waals surface area contributed by atoms with Crippen molar-refractivity contribution < 1.29 is 14.8 Å². The van der Waals surface area contributed by atoms with E-state index < -0.39 is 17.1 Å². The Morgan fingerprint density at radius 3 is 2.85 bits per heavy atom. The lowest BCUT2D eigenvalue weighted by atomic mass is 10.0. The molecule has 1 heterocycles. The first-order chi connectivity index (χ1) is 9.50. The zero-order chi connectivity index (χ0) is 14.7. The summed E-state index contributed by atoms with van der Waals surface area (Å²) in [5.74, 6) is 0. The standard InChI is InChI=1S/C12H12N4O4/c13-8(5-15-12(17)18)11-7-3-1-2-4-9(7)14-6-10(11)16(19)20/h1-4,6,8,15H,5,13H2,(H,17,18). The minimum absolute atomic E-state index is 0.121. The van der Waals surface area contributed by atoms with Crippen LogP contribution in [0.2, 0.25) is 0 Å². The first kappa shape index (κ1) is 13.7. The quantitative estimate of drug-likeness (QED) is 0.571. The molecule has 104 valence electrons. The Kier molecular flexibility index (Phi) is 3.76. The molecule has 0 aliphatic heterocycles. The van der Waals surface area contributed by atoms with Crippen molar-refractivity contribution in [2.75, 3.05) is 6.54 Å². The Morgan fingerprint density at radius 1 is 1.50 bits per heavy atom. The van der Waals surface area contributed by atoms with Crippen LogP contribution in [0, 0.1) is 10.1 Å². The van der Waals surface area contributed by atoms with Gasteiger partial charge in [0.15, 0.2) is 0 Å². The van der Waals surface area contributed by atoms with Crippen molar-refractivity contribution in [2.24, 2.45) is 5.73 Å². The third kappa shape index (κ3) is 2.64. The maximum absolute atomic E-state index is 11.1. The molecule has 4 N–H and O–H groups in total. The van der Waals surface area contributed by atoms with Gasteiger partial charge in [-0.25, -0.2) is 9.78 Å². The Morgan fingerprint density at radius 2 is 2.20 bits per heavy atom. The predicted octanol–water partition coefficient (Wildman–Crippen LogP) is 1.41. The molecule has 2 aromatic rings. The fraction of sp³-hybridized carbons (Fsp3) is 0.167. The predicted molar refractivity (Wildman–Crippen MR) is 71.4 cm³/mol. The highest BCUT2D eigenvalue weighted by Crippen LogP contribution is 2.30. The summed E-state index contributed by atoms with van der Waals surface area (Å²) in [6, 6.07) is 6.02. The molecule has 1 atom stereocenters. The van der Waals surface area contributed by atoms with E-state index in [1.54, 1.807) is 24.3 Å². The molecule has 0 radical (unpaired) electrons. The largest absolute Gasteiger partial charge is 0.465 e. The van der Waals surface area contributed by atoms with Crippen LogP contribution < -0.4 is 11.1 Å². The molecule has 1 unspecified atom stereocenters. The molecule has 0 fully saturated rings. The molecule has 0 bridgehead atoms. The number of hydrogen-bond acceptors (Lipinski definition) is 5. The molecule has 1 aromatic heterocycles. The summed E-state index contributed by atoms with van der Waals surface area (Å²) < 4.78 is 0. The highest BCUT2D eigenvalue weighted by Gasteiger charge is 2.23. The van der Waals surface area contributed by atoms with Gasteiger partial charge in [0.05, 0.1) is 22.0 Å². The van der Waals surface area contributed by atoms with Crippen LogP contribution in [0.5, 0.6) is 0 Å².